The van der Waals surface area contributed by atoms with Gasteiger partial charge in [0.25, 0.3) is 0 Å². The van der Waals surface area contributed by atoms with E-state index < -0.39 is 5.76 Å². The summed E-state index contributed by atoms with van der Waals surface area (Å²) in [5.74, 6) is -0.660. The van der Waals surface area contributed by atoms with Gasteiger partial charge in [-0.15, -0.1) is 0 Å². The third-order valence-corrected chi connectivity index (χ3v) is 3.11. The zero-order chi connectivity index (χ0) is 14.0. The van der Waals surface area contributed by atoms with Gasteiger partial charge in [-0.2, -0.15) is 0 Å². The summed E-state index contributed by atoms with van der Waals surface area (Å²) in [6, 6.07) is 5.48. The summed E-state index contributed by atoms with van der Waals surface area (Å²) in [4.78, 5) is 24.9. The molecule has 1 aromatic carbocycles. The summed E-state index contributed by atoms with van der Waals surface area (Å²) in [6.07, 6.45) is 0. The Morgan fingerprint density at radius 1 is 1.47 bits per heavy atom. The van der Waals surface area contributed by atoms with Crippen molar-refractivity contribution in [3.8, 4) is 0 Å². The van der Waals surface area contributed by atoms with Crippen molar-refractivity contribution in [3.63, 3.8) is 0 Å². The number of aromatic nitrogens is 1. The Morgan fingerprint density at radius 3 is 2.89 bits per heavy atom. The van der Waals surface area contributed by atoms with Gasteiger partial charge in [-0.1, -0.05) is 19.9 Å². The van der Waals surface area contributed by atoms with E-state index in [-0.39, 0.29) is 17.9 Å². The number of aromatic amines is 1. The van der Waals surface area contributed by atoms with Gasteiger partial charge in [0.05, 0.1) is 12.1 Å². The Kier molecular flexibility index (Phi) is 3.44. The van der Waals surface area contributed by atoms with Crippen LogP contribution in [0.25, 0.3) is 11.1 Å². The second-order valence-corrected chi connectivity index (χ2v) is 5.09. The van der Waals surface area contributed by atoms with Crippen molar-refractivity contribution in [3.05, 3.63) is 34.3 Å². The number of oxazole rings is 1. The molecule has 0 unspecified atom stereocenters. The Balaban J connectivity index is 2.26. The molecule has 1 heterocycles. The van der Waals surface area contributed by atoms with Gasteiger partial charge in [0, 0.05) is 12.0 Å². The molecule has 0 aliphatic carbocycles. The molecule has 2 rings (SSSR count). The van der Waals surface area contributed by atoms with Gasteiger partial charge in [0.2, 0.25) is 5.91 Å². The van der Waals surface area contributed by atoms with E-state index in [1.165, 1.54) is 0 Å². The second-order valence-electron chi connectivity index (χ2n) is 5.09. The molecule has 2 aromatic rings. The fraction of sp³-hybridized carbons (Fsp3) is 0.385. The number of fused-ring (bicyclic) bond motifs is 1. The fourth-order valence-corrected chi connectivity index (χ4v) is 1.87. The molecule has 0 aliphatic rings. The van der Waals surface area contributed by atoms with Crippen molar-refractivity contribution in [2.75, 3.05) is 13.1 Å². The highest BCUT2D eigenvalue weighted by Gasteiger charge is 2.22. The largest absolute Gasteiger partial charge is 0.417 e. The Bertz CT molecular complexity index is 654. The molecule has 6 nitrogen and oxygen atoms in total. The molecule has 0 atom stereocenters. The molecule has 1 aromatic heterocycles. The van der Waals surface area contributed by atoms with E-state index in [9.17, 15) is 9.59 Å². The summed E-state index contributed by atoms with van der Waals surface area (Å²) in [5, 5.41) is 2.77. The molecule has 1 amide bonds. The van der Waals surface area contributed by atoms with Gasteiger partial charge in [0.1, 0.15) is 0 Å². The van der Waals surface area contributed by atoms with E-state index in [0.29, 0.717) is 17.6 Å². The lowest BCUT2D eigenvalue weighted by atomic mass is 9.84. The summed E-state index contributed by atoms with van der Waals surface area (Å²) in [6.45, 7) is 4.45. The SMILES string of the molecule is CC(C)(CNC(=O)CN)c1ccc2oc(=O)[nH]c2c1. The zero-order valence-corrected chi connectivity index (χ0v) is 10.9. The summed E-state index contributed by atoms with van der Waals surface area (Å²) in [7, 11) is 0. The monoisotopic (exact) mass is 263 g/mol. The van der Waals surface area contributed by atoms with Gasteiger partial charge in [-0.3, -0.25) is 9.78 Å². The number of rotatable bonds is 4. The van der Waals surface area contributed by atoms with Crippen LogP contribution in [0.4, 0.5) is 0 Å². The first-order valence-corrected chi connectivity index (χ1v) is 6.02. The molecule has 0 fully saturated rings. The quantitative estimate of drug-likeness (QED) is 0.746. The van der Waals surface area contributed by atoms with Crippen molar-refractivity contribution in [2.45, 2.75) is 19.3 Å². The molecule has 102 valence electrons. The molecular weight excluding hydrogens is 246 g/mol. The predicted molar refractivity (Wildman–Crippen MR) is 71.9 cm³/mol. The van der Waals surface area contributed by atoms with E-state index in [1.807, 2.05) is 26.0 Å². The van der Waals surface area contributed by atoms with Gasteiger partial charge in [0.15, 0.2) is 5.58 Å². The first-order valence-electron chi connectivity index (χ1n) is 6.02. The number of amides is 1. The molecule has 19 heavy (non-hydrogen) atoms. The minimum Gasteiger partial charge on any atom is -0.408 e. The number of hydrogen-bond donors (Lipinski definition) is 3. The maximum Gasteiger partial charge on any atom is 0.417 e. The Morgan fingerprint density at radius 2 is 2.21 bits per heavy atom. The summed E-state index contributed by atoms with van der Waals surface area (Å²) < 4.78 is 4.95. The maximum absolute atomic E-state index is 11.2. The molecule has 0 bridgehead atoms. The van der Waals surface area contributed by atoms with E-state index in [2.05, 4.69) is 10.3 Å². The normalized spacial score (nSPS) is 11.7. The summed E-state index contributed by atoms with van der Waals surface area (Å²) >= 11 is 0. The molecule has 0 saturated carbocycles. The van der Waals surface area contributed by atoms with E-state index in [0.717, 1.165) is 5.56 Å². The first kappa shape index (κ1) is 13.4. The van der Waals surface area contributed by atoms with Gasteiger partial charge in [-0.05, 0) is 17.7 Å². The van der Waals surface area contributed by atoms with Crippen LogP contribution in [-0.2, 0) is 10.2 Å². The van der Waals surface area contributed by atoms with Crippen LogP contribution >= 0.6 is 0 Å². The molecule has 0 saturated heterocycles. The van der Waals surface area contributed by atoms with Crippen LogP contribution in [0.3, 0.4) is 0 Å². The average Bonchev–Trinajstić information content (AvgIpc) is 2.74. The van der Waals surface area contributed by atoms with Crippen LogP contribution in [0.5, 0.6) is 0 Å². The molecule has 4 N–H and O–H groups in total. The van der Waals surface area contributed by atoms with Crippen LogP contribution in [0.2, 0.25) is 0 Å². The molecular formula is C13H17N3O3. The number of nitrogens with one attached hydrogen (secondary N) is 2. The van der Waals surface area contributed by atoms with Crippen molar-refractivity contribution in [1.29, 1.82) is 0 Å². The Hall–Kier alpha value is -2.08. The summed E-state index contributed by atoms with van der Waals surface area (Å²) in [5.41, 5.74) is 7.15. The van der Waals surface area contributed by atoms with Crippen molar-refractivity contribution >= 4 is 17.0 Å². The molecule has 0 radical (unpaired) electrons. The van der Waals surface area contributed by atoms with Crippen LogP contribution < -0.4 is 16.8 Å². The highest BCUT2D eigenvalue weighted by molar-refractivity contribution is 5.78. The van der Waals surface area contributed by atoms with Crippen molar-refractivity contribution < 1.29 is 9.21 Å². The lowest BCUT2D eigenvalue weighted by Crippen LogP contribution is -2.39. The predicted octanol–water partition coefficient (Wildman–Crippen LogP) is 0.474. The fourth-order valence-electron chi connectivity index (χ4n) is 1.87. The number of carbonyl (C=O) groups excluding carboxylic acids is 1. The number of benzene rings is 1. The third-order valence-electron chi connectivity index (χ3n) is 3.11. The number of nitrogens with two attached hydrogens (primary N) is 1. The zero-order valence-electron chi connectivity index (χ0n) is 10.9. The highest BCUT2D eigenvalue weighted by Crippen LogP contribution is 2.25. The van der Waals surface area contributed by atoms with Gasteiger partial charge in [-0.25, -0.2) is 4.79 Å². The van der Waals surface area contributed by atoms with Crippen LogP contribution in [-0.4, -0.2) is 24.0 Å². The second kappa shape index (κ2) is 4.89. The highest BCUT2D eigenvalue weighted by atomic mass is 16.4. The minimum atomic E-state index is -0.471. The van der Waals surface area contributed by atoms with E-state index in [4.69, 9.17) is 10.2 Å². The first-order chi connectivity index (χ1) is 8.92. The van der Waals surface area contributed by atoms with Crippen molar-refractivity contribution in [2.24, 2.45) is 5.73 Å². The van der Waals surface area contributed by atoms with Crippen LogP contribution in [0.1, 0.15) is 19.4 Å². The molecule has 0 spiro atoms. The number of carbonyl (C=O) groups is 1. The average molecular weight is 263 g/mol. The standard InChI is InChI=1S/C13H17N3O3/c1-13(2,7-15-11(17)6-14)8-3-4-10-9(5-8)16-12(18)19-10/h3-5H,6-7,14H2,1-2H3,(H,15,17)(H,16,18). The van der Waals surface area contributed by atoms with Crippen LogP contribution in [0.15, 0.2) is 27.4 Å². The number of hydrogen-bond acceptors (Lipinski definition) is 4. The lowest BCUT2D eigenvalue weighted by molar-refractivity contribution is -0.119. The van der Waals surface area contributed by atoms with Crippen LogP contribution in [0, 0.1) is 0 Å². The third kappa shape index (κ3) is 2.85. The lowest BCUT2D eigenvalue weighted by Gasteiger charge is -2.25. The Labute approximate surface area is 110 Å². The maximum atomic E-state index is 11.2. The van der Waals surface area contributed by atoms with E-state index >= 15 is 0 Å². The minimum absolute atomic E-state index is 0.0236. The van der Waals surface area contributed by atoms with Gasteiger partial charge < -0.3 is 15.5 Å². The smallest absolute Gasteiger partial charge is 0.408 e. The van der Waals surface area contributed by atoms with E-state index in [1.54, 1.807) is 6.07 Å². The molecule has 0 aliphatic heterocycles. The van der Waals surface area contributed by atoms with Gasteiger partial charge >= 0.3 is 5.76 Å². The van der Waals surface area contributed by atoms with Crippen molar-refractivity contribution in [1.82, 2.24) is 10.3 Å². The topological polar surface area (TPSA) is 101 Å². The molecule has 6 heteroatoms. The number of H-pyrrole nitrogens is 1.